The Morgan fingerprint density at radius 1 is 1.17 bits per heavy atom. The summed E-state index contributed by atoms with van der Waals surface area (Å²) in [5.74, 6) is 2.47. The zero-order valence-electron chi connectivity index (χ0n) is 17.3. The van der Waals surface area contributed by atoms with Crippen molar-refractivity contribution in [3.05, 3.63) is 54.0 Å². The minimum absolute atomic E-state index is 0.0507. The summed E-state index contributed by atoms with van der Waals surface area (Å²) in [4.78, 5) is 15.2. The highest BCUT2D eigenvalue weighted by Crippen LogP contribution is 2.30. The van der Waals surface area contributed by atoms with Crippen LogP contribution in [0.5, 0.6) is 5.75 Å². The number of carbonyl (C=O) groups excluding carboxylic acids is 1. The maximum Gasteiger partial charge on any atom is 0.228 e. The number of anilines is 1. The molecule has 1 atom stereocenters. The summed E-state index contributed by atoms with van der Waals surface area (Å²) >= 11 is 1.43. The molecule has 1 aliphatic rings. The molecule has 1 aromatic carbocycles. The van der Waals surface area contributed by atoms with E-state index in [0.29, 0.717) is 12.1 Å². The first-order valence-corrected chi connectivity index (χ1v) is 11.1. The van der Waals surface area contributed by atoms with Gasteiger partial charge in [-0.15, -0.1) is 10.2 Å². The average molecular weight is 427 g/mol. The highest BCUT2D eigenvalue weighted by atomic mass is 32.2. The molecule has 0 radical (unpaired) electrons. The van der Waals surface area contributed by atoms with Crippen LogP contribution in [0.4, 0.5) is 5.95 Å². The van der Waals surface area contributed by atoms with Crippen molar-refractivity contribution >= 4 is 23.5 Å². The fraction of sp³-hybridized carbons (Fsp3) is 0.409. The lowest BCUT2D eigenvalue weighted by Crippen LogP contribution is -2.32. The van der Waals surface area contributed by atoms with Gasteiger partial charge >= 0.3 is 0 Å². The Kier molecular flexibility index (Phi) is 6.42. The minimum Gasteiger partial charge on any atom is -0.497 e. The minimum atomic E-state index is -0.299. The van der Waals surface area contributed by atoms with E-state index in [-0.39, 0.29) is 11.0 Å². The Morgan fingerprint density at radius 3 is 2.60 bits per heavy atom. The van der Waals surface area contributed by atoms with Crippen molar-refractivity contribution in [2.24, 2.45) is 0 Å². The lowest BCUT2D eigenvalue weighted by molar-refractivity contribution is 0.0994. The summed E-state index contributed by atoms with van der Waals surface area (Å²) in [5, 5.41) is 9.34. The number of ketones is 1. The summed E-state index contributed by atoms with van der Waals surface area (Å²) < 4.78 is 12.8. The molecule has 1 aliphatic heterocycles. The Morgan fingerprint density at radius 2 is 1.93 bits per heavy atom. The number of carbonyl (C=O) groups is 1. The predicted octanol–water partition coefficient (Wildman–Crippen LogP) is 4.28. The first-order valence-electron chi connectivity index (χ1n) is 10.2. The third-order valence-corrected chi connectivity index (χ3v) is 6.34. The van der Waals surface area contributed by atoms with E-state index in [1.807, 2.05) is 19.1 Å². The smallest absolute Gasteiger partial charge is 0.228 e. The molecule has 4 rings (SSSR count). The van der Waals surface area contributed by atoms with E-state index in [1.165, 1.54) is 18.2 Å². The van der Waals surface area contributed by atoms with Gasteiger partial charge in [-0.05, 0) is 62.6 Å². The summed E-state index contributed by atoms with van der Waals surface area (Å²) in [6.07, 6.45) is 5.23. The van der Waals surface area contributed by atoms with Crippen LogP contribution in [0.2, 0.25) is 0 Å². The lowest BCUT2D eigenvalue weighted by Gasteiger charge is -2.27. The number of methoxy groups -OCH3 is 1. The van der Waals surface area contributed by atoms with Crippen molar-refractivity contribution in [2.45, 2.75) is 43.1 Å². The van der Waals surface area contributed by atoms with Crippen LogP contribution >= 0.6 is 11.8 Å². The molecule has 1 fully saturated rings. The largest absolute Gasteiger partial charge is 0.497 e. The molecule has 158 valence electrons. The number of furan rings is 1. The van der Waals surface area contributed by atoms with Crippen molar-refractivity contribution in [3.63, 3.8) is 0 Å². The van der Waals surface area contributed by atoms with Crippen LogP contribution in [-0.2, 0) is 6.54 Å². The molecular weight excluding hydrogens is 400 g/mol. The SMILES string of the molecule is COc1ccc(C(=O)C(C)Sc2nnc(N3CCCCC3)n2Cc2ccco2)cc1. The molecule has 0 amide bonds. The van der Waals surface area contributed by atoms with E-state index >= 15 is 0 Å². The Balaban J connectivity index is 1.56. The van der Waals surface area contributed by atoms with Gasteiger partial charge in [0.15, 0.2) is 10.9 Å². The maximum absolute atomic E-state index is 12.9. The quantitative estimate of drug-likeness (QED) is 0.393. The second-order valence-electron chi connectivity index (χ2n) is 7.35. The molecule has 0 saturated carbocycles. The highest BCUT2D eigenvalue weighted by Gasteiger charge is 2.25. The van der Waals surface area contributed by atoms with Gasteiger partial charge in [0.05, 0.1) is 25.2 Å². The highest BCUT2D eigenvalue weighted by molar-refractivity contribution is 8.00. The van der Waals surface area contributed by atoms with Gasteiger partial charge in [0.1, 0.15) is 11.5 Å². The van der Waals surface area contributed by atoms with Gasteiger partial charge in [-0.3, -0.25) is 9.36 Å². The van der Waals surface area contributed by atoms with E-state index < -0.39 is 0 Å². The van der Waals surface area contributed by atoms with Gasteiger partial charge in [0.2, 0.25) is 5.95 Å². The van der Waals surface area contributed by atoms with Crippen LogP contribution in [0.3, 0.4) is 0 Å². The normalized spacial score (nSPS) is 15.2. The van der Waals surface area contributed by atoms with Crippen molar-refractivity contribution in [3.8, 4) is 5.75 Å². The molecule has 3 aromatic rings. The number of hydrogen-bond acceptors (Lipinski definition) is 7. The number of benzene rings is 1. The Bertz CT molecular complexity index is 963. The van der Waals surface area contributed by atoms with Crippen LogP contribution in [0.15, 0.2) is 52.2 Å². The number of aromatic nitrogens is 3. The van der Waals surface area contributed by atoms with Crippen molar-refractivity contribution < 1.29 is 13.9 Å². The van der Waals surface area contributed by atoms with Gasteiger partial charge in [0.25, 0.3) is 0 Å². The zero-order valence-corrected chi connectivity index (χ0v) is 18.1. The number of rotatable bonds is 8. The number of hydrogen-bond donors (Lipinski definition) is 0. The number of Topliss-reactive ketones (excluding diaryl/α,β-unsaturated/α-hetero) is 1. The Hall–Kier alpha value is -2.74. The van der Waals surface area contributed by atoms with Crippen molar-refractivity contribution in [2.75, 3.05) is 25.1 Å². The van der Waals surface area contributed by atoms with Crippen LogP contribution in [0, 0.1) is 0 Å². The monoisotopic (exact) mass is 426 g/mol. The van der Waals surface area contributed by atoms with Crippen molar-refractivity contribution in [1.82, 2.24) is 14.8 Å². The van der Waals surface area contributed by atoms with Crippen LogP contribution in [-0.4, -0.2) is 46.0 Å². The number of thioether (sulfide) groups is 1. The lowest BCUT2D eigenvalue weighted by atomic mass is 10.1. The predicted molar refractivity (Wildman–Crippen MR) is 117 cm³/mol. The van der Waals surface area contributed by atoms with E-state index in [0.717, 1.165) is 48.5 Å². The third-order valence-electron chi connectivity index (χ3n) is 5.26. The number of ether oxygens (including phenoxy) is 1. The van der Waals surface area contributed by atoms with E-state index in [2.05, 4.69) is 19.7 Å². The van der Waals surface area contributed by atoms with E-state index in [1.54, 1.807) is 37.6 Å². The number of nitrogens with zero attached hydrogens (tertiary/aromatic N) is 4. The first kappa shape index (κ1) is 20.5. The standard InChI is InChI=1S/C22H26N4O3S/c1-16(20(27)17-8-10-18(28-2)11-9-17)30-22-24-23-21(25-12-4-3-5-13-25)26(22)15-19-7-6-14-29-19/h6-11,14,16H,3-5,12-13,15H2,1-2H3. The second kappa shape index (κ2) is 9.38. The summed E-state index contributed by atoms with van der Waals surface area (Å²) in [5.41, 5.74) is 0.657. The maximum atomic E-state index is 12.9. The molecule has 0 spiro atoms. The summed E-state index contributed by atoms with van der Waals surface area (Å²) in [7, 11) is 1.61. The molecule has 0 N–H and O–H groups in total. The molecular formula is C22H26N4O3S. The van der Waals surface area contributed by atoms with Crippen molar-refractivity contribution in [1.29, 1.82) is 0 Å². The molecule has 3 heterocycles. The molecule has 8 heteroatoms. The second-order valence-corrected chi connectivity index (χ2v) is 8.66. The van der Waals surface area contributed by atoms with Gasteiger partial charge < -0.3 is 14.1 Å². The molecule has 1 unspecified atom stereocenters. The summed E-state index contributed by atoms with van der Waals surface area (Å²) in [6, 6.07) is 11.0. The Labute approximate surface area is 180 Å². The molecule has 0 aliphatic carbocycles. The summed E-state index contributed by atoms with van der Waals surface area (Å²) in [6.45, 7) is 4.39. The van der Waals surface area contributed by atoms with E-state index in [4.69, 9.17) is 9.15 Å². The van der Waals surface area contributed by atoms with Crippen LogP contribution in [0.1, 0.15) is 42.3 Å². The van der Waals surface area contributed by atoms with Gasteiger partial charge in [-0.25, -0.2) is 0 Å². The van der Waals surface area contributed by atoms with Gasteiger partial charge in [-0.1, -0.05) is 11.8 Å². The van der Waals surface area contributed by atoms with Crippen LogP contribution in [0.25, 0.3) is 0 Å². The average Bonchev–Trinajstić information content (AvgIpc) is 3.44. The third kappa shape index (κ3) is 4.53. The topological polar surface area (TPSA) is 73.4 Å². The molecule has 30 heavy (non-hydrogen) atoms. The van der Waals surface area contributed by atoms with Crippen LogP contribution < -0.4 is 9.64 Å². The fourth-order valence-corrected chi connectivity index (χ4v) is 4.52. The molecule has 1 saturated heterocycles. The fourth-order valence-electron chi connectivity index (χ4n) is 3.59. The number of piperidine rings is 1. The zero-order chi connectivity index (χ0) is 20.9. The van der Waals surface area contributed by atoms with E-state index in [9.17, 15) is 4.79 Å². The molecule has 0 bridgehead atoms. The molecule has 7 nitrogen and oxygen atoms in total. The van der Waals surface area contributed by atoms with Gasteiger partial charge in [0, 0.05) is 18.7 Å². The first-order chi connectivity index (χ1) is 14.7. The van der Waals surface area contributed by atoms with Gasteiger partial charge in [-0.2, -0.15) is 0 Å². The molecule has 2 aromatic heterocycles.